The third kappa shape index (κ3) is 3.86. The maximum Gasteiger partial charge on any atom is 0.248 e. The molecule has 1 aromatic rings. The molecule has 5 heteroatoms. The molecule has 1 amide bonds. The Kier molecular flexibility index (Phi) is 5.42. The SMILES string of the molecule is COCC(=O)N1CCC(NCc2cc(C)n(C)c2C)CC1. The van der Waals surface area contributed by atoms with Gasteiger partial charge in [-0.1, -0.05) is 0 Å². The molecule has 1 aromatic heterocycles. The van der Waals surface area contributed by atoms with Gasteiger partial charge in [0.1, 0.15) is 6.61 Å². The van der Waals surface area contributed by atoms with Crippen LogP contribution in [0.15, 0.2) is 6.07 Å². The number of amides is 1. The summed E-state index contributed by atoms with van der Waals surface area (Å²) in [5, 5.41) is 3.63. The minimum absolute atomic E-state index is 0.102. The van der Waals surface area contributed by atoms with Crippen molar-refractivity contribution in [3.8, 4) is 0 Å². The number of carbonyl (C=O) groups excluding carboxylic acids is 1. The van der Waals surface area contributed by atoms with E-state index in [4.69, 9.17) is 4.74 Å². The normalized spacial score (nSPS) is 16.5. The van der Waals surface area contributed by atoms with Crippen LogP contribution in [0.3, 0.4) is 0 Å². The molecule has 21 heavy (non-hydrogen) atoms. The quantitative estimate of drug-likeness (QED) is 0.892. The summed E-state index contributed by atoms with van der Waals surface area (Å²) in [5.41, 5.74) is 3.99. The number of piperidine rings is 1. The van der Waals surface area contributed by atoms with Gasteiger partial charge in [-0.2, -0.15) is 0 Å². The van der Waals surface area contributed by atoms with Crippen LogP contribution in [0.1, 0.15) is 29.8 Å². The van der Waals surface area contributed by atoms with E-state index in [9.17, 15) is 4.79 Å². The maximum absolute atomic E-state index is 11.7. The summed E-state index contributed by atoms with van der Waals surface area (Å²) in [6.45, 7) is 7.05. The molecular formula is C16H27N3O2. The predicted molar refractivity (Wildman–Crippen MR) is 83.2 cm³/mol. The summed E-state index contributed by atoms with van der Waals surface area (Å²) >= 11 is 0. The topological polar surface area (TPSA) is 46.5 Å². The Hall–Kier alpha value is -1.33. The molecule has 0 spiro atoms. The molecule has 1 aliphatic rings. The molecule has 1 aliphatic heterocycles. The molecule has 0 radical (unpaired) electrons. The van der Waals surface area contributed by atoms with Gasteiger partial charge in [0, 0.05) is 51.2 Å². The van der Waals surface area contributed by atoms with Gasteiger partial charge in [0.2, 0.25) is 5.91 Å². The fourth-order valence-electron chi connectivity index (χ4n) is 2.91. The van der Waals surface area contributed by atoms with Gasteiger partial charge in [0.05, 0.1) is 0 Å². The summed E-state index contributed by atoms with van der Waals surface area (Å²) < 4.78 is 7.13. The van der Waals surface area contributed by atoms with Crippen LogP contribution >= 0.6 is 0 Å². The summed E-state index contributed by atoms with van der Waals surface area (Å²) in [4.78, 5) is 13.6. The zero-order valence-electron chi connectivity index (χ0n) is 13.6. The molecule has 1 fully saturated rings. The standard InChI is InChI=1S/C16H27N3O2/c1-12-9-14(13(2)18(12)3)10-17-15-5-7-19(8-6-15)16(20)11-21-4/h9,15,17H,5-8,10-11H2,1-4H3. The van der Waals surface area contributed by atoms with Gasteiger partial charge >= 0.3 is 0 Å². The average molecular weight is 293 g/mol. The van der Waals surface area contributed by atoms with Gasteiger partial charge in [-0.3, -0.25) is 4.79 Å². The van der Waals surface area contributed by atoms with Crippen LogP contribution < -0.4 is 5.32 Å². The van der Waals surface area contributed by atoms with Crippen molar-refractivity contribution in [2.75, 3.05) is 26.8 Å². The molecule has 0 bridgehead atoms. The van der Waals surface area contributed by atoms with Gasteiger partial charge in [0.15, 0.2) is 0 Å². The van der Waals surface area contributed by atoms with Crippen molar-refractivity contribution in [2.24, 2.45) is 7.05 Å². The molecule has 1 N–H and O–H groups in total. The number of aryl methyl sites for hydroxylation is 1. The molecule has 0 atom stereocenters. The van der Waals surface area contributed by atoms with E-state index >= 15 is 0 Å². The van der Waals surface area contributed by atoms with E-state index < -0.39 is 0 Å². The van der Waals surface area contributed by atoms with E-state index in [2.05, 4.69) is 36.8 Å². The molecule has 1 saturated heterocycles. The van der Waals surface area contributed by atoms with E-state index in [0.29, 0.717) is 6.04 Å². The lowest BCUT2D eigenvalue weighted by Crippen LogP contribution is -2.45. The number of ether oxygens (including phenoxy) is 1. The second kappa shape index (κ2) is 7.09. The lowest BCUT2D eigenvalue weighted by atomic mass is 10.0. The van der Waals surface area contributed by atoms with Gasteiger partial charge in [0.25, 0.3) is 0 Å². The fourth-order valence-corrected chi connectivity index (χ4v) is 2.91. The van der Waals surface area contributed by atoms with Crippen molar-refractivity contribution in [3.63, 3.8) is 0 Å². The van der Waals surface area contributed by atoms with Crippen LogP contribution in [0, 0.1) is 13.8 Å². The number of rotatable bonds is 5. The summed E-state index contributed by atoms with van der Waals surface area (Å²) in [6, 6.07) is 2.75. The second-order valence-electron chi connectivity index (χ2n) is 5.92. The number of nitrogens with zero attached hydrogens (tertiary/aromatic N) is 2. The molecule has 118 valence electrons. The molecular weight excluding hydrogens is 266 g/mol. The zero-order chi connectivity index (χ0) is 15.4. The minimum Gasteiger partial charge on any atom is -0.375 e. The largest absolute Gasteiger partial charge is 0.375 e. The third-order valence-electron chi connectivity index (χ3n) is 4.58. The van der Waals surface area contributed by atoms with Crippen molar-refractivity contribution < 1.29 is 9.53 Å². The lowest BCUT2D eigenvalue weighted by molar-refractivity contribution is -0.136. The first-order chi connectivity index (χ1) is 10.0. The van der Waals surface area contributed by atoms with Gasteiger partial charge < -0.3 is 19.5 Å². The number of hydrogen-bond donors (Lipinski definition) is 1. The highest BCUT2D eigenvalue weighted by Gasteiger charge is 2.22. The van der Waals surface area contributed by atoms with Crippen LogP contribution in [-0.4, -0.2) is 48.2 Å². The Morgan fingerprint density at radius 2 is 2.05 bits per heavy atom. The highest BCUT2D eigenvalue weighted by atomic mass is 16.5. The Morgan fingerprint density at radius 3 is 2.57 bits per heavy atom. The van der Waals surface area contributed by atoms with Crippen molar-refractivity contribution in [1.29, 1.82) is 0 Å². The van der Waals surface area contributed by atoms with Gasteiger partial charge in [-0.15, -0.1) is 0 Å². The summed E-state index contributed by atoms with van der Waals surface area (Å²) in [5.74, 6) is 0.102. The van der Waals surface area contributed by atoms with E-state index in [1.54, 1.807) is 7.11 Å². The van der Waals surface area contributed by atoms with E-state index in [1.165, 1.54) is 17.0 Å². The maximum atomic E-state index is 11.7. The number of hydrogen-bond acceptors (Lipinski definition) is 3. The molecule has 5 nitrogen and oxygen atoms in total. The molecule has 2 heterocycles. The Morgan fingerprint density at radius 1 is 1.38 bits per heavy atom. The first kappa shape index (κ1) is 16.0. The van der Waals surface area contributed by atoms with Crippen molar-refractivity contribution >= 4 is 5.91 Å². The van der Waals surface area contributed by atoms with E-state index in [-0.39, 0.29) is 12.5 Å². The Bertz CT molecular complexity index is 488. The molecule has 0 unspecified atom stereocenters. The molecule has 0 aliphatic carbocycles. The summed E-state index contributed by atoms with van der Waals surface area (Å²) in [7, 11) is 3.67. The highest BCUT2D eigenvalue weighted by molar-refractivity contribution is 5.77. The smallest absolute Gasteiger partial charge is 0.248 e. The first-order valence-corrected chi connectivity index (χ1v) is 7.64. The summed E-state index contributed by atoms with van der Waals surface area (Å²) in [6.07, 6.45) is 2.03. The van der Waals surface area contributed by atoms with E-state index in [1.807, 2.05) is 4.90 Å². The number of nitrogens with one attached hydrogen (secondary N) is 1. The van der Waals surface area contributed by atoms with Crippen LogP contribution in [0.2, 0.25) is 0 Å². The lowest BCUT2D eigenvalue weighted by Gasteiger charge is -2.32. The van der Waals surface area contributed by atoms with Gasteiger partial charge in [-0.05, 0) is 38.3 Å². The predicted octanol–water partition coefficient (Wildman–Crippen LogP) is 1.37. The van der Waals surface area contributed by atoms with Crippen molar-refractivity contribution in [2.45, 2.75) is 39.3 Å². The molecule has 0 aromatic carbocycles. The number of carbonyl (C=O) groups is 1. The number of methoxy groups -OCH3 is 1. The van der Waals surface area contributed by atoms with Crippen LogP contribution in [0.5, 0.6) is 0 Å². The monoisotopic (exact) mass is 293 g/mol. The minimum atomic E-state index is 0.102. The zero-order valence-corrected chi connectivity index (χ0v) is 13.6. The van der Waals surface area contributed by atoms with E-state index in [0.717, 1.165) is 32.5 Å². The molecule has 2 rings (SSSR count). The average Bonchev–Trinajstić information content (AvgIpc) is 2.73. The van der Waals surface area contributed by atoms with Crippen molar-refractivity contribution in [3.05, 3.63) is 23.0 Å². The van der Waals surface area contributed by atoms with Crippen molar-refractivity contribution in [1.82, 2.24) is 14.8 Å². The first-order valence-electron chi connectivity index (χ1n) is 7.64. The third-order valence-corrected chi connectivity index (χ3v) is 4.58. The van der Waals surface area contributed by atoms with Crippen LogP contribution in [0.25, 0.3) is 0 Å². The van der Waals surface area contributed by atoms with Gasteiger partial charge in [-0.25, -0.2) is 0 Å². The fraction of sp³-hybridized carbons (Fsp3) is 0.688. The second-order valence-corrected chi connectivity index (χ2v) is 5.92. The highest BCUT2D eigenvalue weighted by Crippen LogP contribution is 2.15. The van der Waals surface area contributed by atoms with Crippen LogP contribution in [-0.2, 0) is 23.1 Å². The number of aromatic nitrogens is 1. The Balaban J connectivity index is 1.79. The van der Waals surface area contributed by atoms with Crippen LogP contribution in [0.4, 0.5) is 0 Å². The molecule has 0 saturated carbocycles. The number of likely N-dealkylation sites (tertiary alicyclic amines) is 1. The Labute approximate surface area is 127 Å².